The molecule has 0 spiro atoms. The van der Waals surface area contributed by atoms with Crippen molar-refractivity contribution in [3.8, 4) is 5.75 Å². The highest BCUT2D eigenvalue weighted by atomic mass is 19.4. The highest BCUT2D eigenvalue weighted by Gasteiger charge is 2.37. The normalized spacial score (nSPS) is 20.0. The molecule has 2 aliphatic heterocycles. The predicted molar refractivity (Wildman–Crippen MR) is 149 cm³/mol. The van der Waals surface area contributed by atoms with Gasteiger partial charge in [-0.3, -0.25) is 14.2 Å². The second kappa shape index (κ2) is 11.8. The molecule has 2 amide bonds. The fraction of sp³-hybridized carbons (Fsp3) is 0.633. The van der Waals surface area contributed by atoms with Crippen molar-refractivity contribution in [1.82, 2.24) is 14.3 Å². The maximum absolute atomic E-state index is 13.7. The van der Waals surface area contributed by atoms with E-state index in [1.54, 1.807) is 26.8 Å². The van der Waals surface area contributed by atoms with Crippen LogP contribution in [-0.2, 0) is 34.7 Å². The molecule has 2 aliphatic rings. The van der Waals surface area contributed by atoms with Crippen LogP contribution < -0.4 is 10.2 Å². The van der Waals surface area contributed by atoms with Gasteiger partial charge in [-0.25, -0.2) is 4.79 Å². The molecule has 232 valence electrons. The third-order valence-electron chi connectivity index (χ3n) is 7.37. The standard InChI is InChI=1S/C30H41F3N4O5/c1-28(2,3)24-16-25(37(35(24)7)17-21-9-8-14-40-21)34-26(38)22-15-19(30(31,32)33)10-11-23(22)41-18-20-12-13-36(20)27(39)42-29(4,5)6/h10-11,15-16,20-21H,8-9,12-14,17-18H2,1-7H3/b34-25+/t20-,21-/m1/s1. The monoisotopic (exact) mass is 594 g/mol. The third kappa shape index (κ3) is 7.37. The minimum absolute atomic E-state index is 0.0105. The van der Waals surface area contributed by atoms with Crippen LogP contribution in [-0.4, -0.2) is 63.8 Å². The second-order valence-electron chi connectivity index (χ2n) is 12.9. The van der Waals surface area contributed by atoms with E-state index in [-0.39, 0.29) is 35.5 Å². The first-order chi connectivity index (χ1) is 19.4. The summed E-state index contributed by atoms with van der Waals surface area (Å²) in [6.07, 6.45) is -2.77. The van der Waals surface area contributed by atoms with E-state index in [0.29, 0.717) is 31.6 Å². The molecule has 0 saturated carbocycles. The average Bonchev–Trinajstić information content (AvgIpc) is 3.45. The zero-order chi connectivity index (χ0) is 31.0. The van der Waals surface area contributed by atoms with Gasteiger partial charge in [0, 0.05) is 37.4 Å². The van der Waals surface area contributed by atoms with Crippen molar-refractivity contribution in [2.75, 3.05) is 19.8 Å². The molecule has 0 radical (unpaired) electrons. The Morgan fingerprint density at radius 1 is 1.07 bits per heavy atom. The van der Waals surface area contributed by atoms with Crippen LogP contribution >= 0.6 is 0 Å². The number of nitrogens with zero attached hydrogens (tertiary/aromatic N) is 4. The Labute approximate surface area is 244 Å². The topological polar surface area (TPSA) is 87.3 Å². The number of carbonyl (C=O) groups is 2. The van der Waals surface area contributed by atoms with Gasteiger partial charge in [0.2, 0.25) is 0 Å². The van der Waals surface area contributed by atoms with Gasteiger partial charge in [0.15, 0.2) is 5.49 Å². The molecule has 0 aliphatic carbocycles. The highest BCUT2D eigenvalue weighted by Crippen LogP contribution is 2.33. The quantitative estimate of drug-likeness (QED) is 0.444. The summed E-state index contributed by atoms with van der Waals surface area (Å²) in [6.45, 7) is 13.0. The van der Waals surface area contributed by atoms with Crippen molar-refractivity contribution in [2.24, 2.45) is 12.0 Å². The molecule has 0 unspecified atom stereocenters. The van der Waals surface area contributed by atoms with E-state index < -0.39 is 29.3 Å². The van der Waals surface area contributed by atoms with E-state index in [1.807, 2.05) is 37.2 Å². The lowest BCUT2D eigenvalue weighted by Gasteiger charge is -2.41. The molecule has 1 aromatic carbocycles. The lowest BCUT2D eigenvalue weighted by Crippen LogP contribution is -2.55. The van der Waals surface area contributed by atoms with E-state index in [2.05, 4.69) is 4.99 Å². The van der Waals surface area contributed by atoms with Crippen LogP contribution in [0.25, 0.3) is 0 Å². The van der Waals surface area contributed by atoms with Crippen molar-refractivity contribution < 1.29 is 37.0 Å². The number of hydrogen-bond donors (Lipinski definition) is 0. The van der Waals surface area contributed by atoms with Crippen molar-refractivity contribution >= 4 is 12.0 Å². The molecule has 2 atom stereocenters. The summed E-state index contributed by atoms with van der Waals surface area (Å²) in [5.41, 5.74) is -1.02. The number of halogens is 3. The molecule has 42 heavy (non-hydrogen) atoms. The molecule has 9 nitrogen and oxygen atoms in total. The smallest absolute Gasteiger partial charge is 0.416 e. The number of carbonyl (C=O) groups excluding carboxylic acids is 2. The average molecular weight is 595 g/mol. The van der Waals surface area contributed by atoms with Crippen molar-refractivity contribution in [2.45, 2.75) is 96.7 Å². The van der Waals surface area contributed by atoms with E-state index in [4.69, 9.17) is 14.2 Å². The van der Waals surface area contributed by atoms with Crippen LogP contribution in [0.5, 0.6) is 5.75 Å². The Balaban J connectivity index is 1.66. The maximum Gasteiger partial charge on any atom is 0.416 e. The number of hydrogen-bond acceptors (Lipinski definition) is 5. The van der Waals surface area contributed by atoms with E-state index in [9.17, 15) is 22.8 Å². The van der Waals surface area contributed by atoms with Crippen LogP contribution in [0.2, 0.25) is 0 Å². The van der Waals surface area contributed by atoms with Gasteiger partial charge in [-0.1, -0.05) is 20.8 Å². The van der Waals surface area contributed by atoms with Gasteiger partial charge in [0.1, 0.15) is 18.0 Å². The molecule has 3 heterocycles. The molecule has 0 N–H and O–H groups in total. The van der Waals surface area contributed by atoms with Gasteiger partial charge in [-0.15, -0.1) is 0 Å². The molecule has 0 bridgehead atoms. The first kappa shape index (κ1) is 31.7. The van der Waals surface area contributed by atoms with E-state index in [1.165, 1.54) is 4.90 Å². The van der Waals surface area contributed by atoms with Gasteiger partial charge in [0.25, 0.3) is 5.91 Å². The number of amides is 2. The fourth-order valence-electron chi connectivity index (χ4n) is 5.09. The zero-order valence-corrected chi connectivity index (χ0v) is 25.4. The molecule has 1 aromatic heterocycles. The van der Waals surface area contributed by atoms with Gasteiger partial charge < -0.3 is 19.1 Å². The van der Waals surface area contributed by atoms with Crippen LogP contribution in [0.3, 0.4) is 0 Å². The van der Waals surface area contributed by atoms with E-state index in [0.717, 1.165) is 36.7 Å². The second-order valence-corrected chi connectivity index (χ2v) is 12.9. The van der Waals surface area contributed by atoms with Gasteiger partial charge in [-0.2, -0.15) is 18.2 Å². The van der Waals surface area contributed by atoms with Crippen LogP contribution in [0, 0.1) is 0 Å². The van der Waals surface area contributed by atoms with Crippen molar-refractivity contribution in [1.29, 1.82) is 0 Å². The number of likely N-dealkylation sites (tertiary alicyclic amines) is 1. The van der Waals surface area contributed by atoms with Crippen molar-refractivity contribution in [3.05, 3.63) is 46.6 Å². The SMILES string of the molecule is Cn1c(C(C)(C)C)c/c(=N\C(=O)c2cc(C(F)(F)F)ccc2OC[C@H]2CCN2C(=O)OC(C)(C)C)n1C[C@H]1CCCO1. The Kier molecular flexibility index (Phi) is 8.87. The van der Waals surface area contributed by atoms with Gasteiger partial charge in [-0.05, 0) is 58.2 Å². The molecular formula is C30H41F3N4O5. The van der Waals surface area contributed by atoms with Crippen LogP contribution in [0.4, 0.5) is 18.0 Å². The summed E-state index contributed by atoms with van der Waals surface area (Å²) in [6, 6.07) is 4.23. The predicted octanol–water partition coefficient (Wildman–Crippen LogP) is 5.45. The number of ether oxygens (including phenoxy) is 3. The Morgan fingerprint density at radius 3 is 2.33 bits per heavy atom. The first-order valence-electron chi connectivity index (χ1n) is 14.3. The summed E-state index contributed by atoms with van der Waals surface area (Å²) in [5.74, 6) is -0.897. The molecule has 2 fully saturated rings. The summed E-state index contributed by atoms with van der Waals surface area (Å²) < 4.78 is 61.8. The molecule has 2 aromatic rings. The van der Waals surface area contributed by atoms with Crippen LogP contribution in [0.1, 0.15) is 82.4 Å². The fourth-order valence-corrected chi connectivity index (χ4v) is 5.09. The van der Waals surface area contributed by atoms with Crippen LogP contribution in [0.15, 0.2) is 29.3 Å². The number of aromatic nitrogens is 2. The minimum Gasteiger partial charge on any atom is -0.491 e. The first-order valence-corrected chi connectivity index (χ1v) is 14.3. The summed E-state index contributed by atoms with van der Waals surface area (Å²) >= 11 is 0. The minimum atomic E-state index is -4.67. The number of benzene rings is 1. The Hall–Kier alpha value is -3.28. The number of rotatable bonds is 6. The molecule has 12 heteroatoms. The number of alkyl halides is 3. The lowest BCUT2D eigenvalue weighted by atomic mass is 9.92. The third-order valence-corrected chi connectivity index (χ3v) is 7.37. The summed E-state index contributed by atoms with van der Waals surface area (Å²) in [5, 5.41) is 0. The van der Waals surface area contributed by atoms with Gasteiger partial charge in [0.05, 0.1) is 29.8 Å². The molecule has 2 saturated heterocycles. The molecular weight excluding hydrogens is 553 g/mol. The van der Waals surface area contributed by atoms with E-state index >= 15 is 0 Å². The lowest BCUT2D eigenvalue weighted by molar-refractivity contribution is -0.137. The Bertz CT molecular complexity index is 1380. The Morgan fingerprint density at radius 2 is 1.79 bits per heavy atom. The summed E-state index contributed by atoms with van der Waals surface area (Å²) in [4.78, 5) is 31.9. The van der Waals surface area contributed by atoms with Crippen molar-refractivity contribution in [3.63, 3.8) is 0 Å². The zero-order valence-electron chi connectivity index (χ0n) is 25.4. The largest absolute Gasteiger partial charge is 0.491 e. The maximum atomic E-state index is 13.7. The highest BCUT2D eigenvalue weighted by molar-refractivity contribution is 5.97. The van der Waals surface area contributed by atoms with Gasteiger partial charge >= 0.3 is 12.3 Å². The molecule has 4 rings (SSSR count). The summed E-state index contributed by atoms with van der Waals surface area (Å²) in [7, 11) is 1.87.